The molecule has 0 radical (unpaired) electrons. The number of carbonyl (C=O) groups excluding carboxylic acids is 1. The molecule has 154 valence electrons. The fourth-order valence-corrected chi connectivity index (χ4v) is 3.91. The molecule has 0 bridgehead atoms. The SMILES string of the molecule is CCC(=O)NC(C)c1ccc2c(c1)CCN(Cc1ccc(OCC3CC3)cc1)C2. The molecule has 1 unspecified atom stereocenters. The molecule has 4 rings (SSSR count). The van der Waals surface area contributed by atoms with Crippen LogP contribution in [0, 0.1) is 5.92 Å². The Hall–Kier alpha value is -2.33. The van der Waals surface area contributed by atoms with Gasteiger partial charge in [0.25, 0.3) is 0 Å². The van der Waals surface area contributed by atoms with Crippen LogP contribution < -0.4 is 10.1 Å². The third-order valence-corrected chi connectivity index (χ3v) is 6.03. The molecule has 2 aromatic rings. The summed E-state index contributed by atoms with van der Waals surface area (Å²) in [6, 6.07) is 15.3. The van der Waals surface area contributed by atoms with Gasteiger partial charge in [-0.2, -0.15) is 0 Å². The summed E-state index contributed by atoms with van der Waals surface area (Å²) >= 11 is 0. The molecular formula is C25H32N2O2. The molecular weight excluding hydrogens is 360 g/mol. The van der Waals surface area contributed by atoms with Crippen LogP contribution in [-0.4, -0.2) is 24.0 Å². The van der Waals surface area contributed by atoms with Gasteiger partial charge in [0.2, 0.25) is 5.91 Å². The summed E-state index contributed by atoms with van der Waals surface area (Å²) in [6.45, 7) is 7.82. The van der Waals surface area contributed by atoms with Crippen molar-refractivity contribution < 1.29 is 9.53 Å². The first-order valence-electron chi connectivity index (χ1n) is 11.0. The Balaban J connectivity index is 1.33. The first kappa shape index (κ1) is 20.0. The lowest BCUT2D eigenvalue weighted by atomic mass is 9.95. The molecule has 4 heteroatoms. The topological polar surface area (TPSA) is 41.6 Å². The Bertz CT molecular complexity index is 842. The first-order chi connectivity index (χ1) is 14.1. The van der Waals surface area contributed by atoms with E-state index in [2.05, 4.69) is 59.6 Å². The van der Waals surface area contributed by atoms with Gasteiger partial charge in [0.05, 0.1) is 12.6 Å². The Morgan fingerprint density at radius 2 is 1.97 bits per heavy atom. The Labute approximate surface area is 174 Å². The molecule has 0 saturated heterocycles. The monoisotopic (exact) mass is 392 g/mol. The molecule has 1 N–H and O–H groups in total. The normalized spacial score (nSPS) is 17.4. The van der Waals surface area contributed by atoms with Crippen LogP contribution in [-0.2, 0) is 24.3 Å². The number of fused-ring (bicyclic) bond motifs is 1. The zero-order chi connectivity index (χ0) is 20.2. The number of hydrogen-bond donors (Lipinski definition) is 1. The van der Waals surface area contributed by atoms with Crippen molar-refractivity contribution in [2.75, 3.05) is 13.2 Å². The van der Waals surface area contributed by atoms with Crippen LogP contribution in [0.15, 0.2) is 42.5 Å². The van der Waals surface area contributed by atoms with Crippen molar-refractivity contribution in [2.45, 2.75) is 58.7 Å². The standard InChI is InChI=1S/C25H32N2O2/c1-3-25(28)26-18(2)21-8-9-23-16-27(13-12-22(23)14-21)15-19-6-10-24(11-7-19)29-17-20-4-5-20/h6-11,14,18,20H,3-5,12-13,15-17H2,1-2H3,(H,26,28). The van der Waals surface area contributed by atoms with Gasteiger partial charge in [-0.05, 0) is 66.5 Å². The molecule has 1 aliphatic heterocycles. The second-order valence-corrected chi connectivity index (χ2v) is 8.53. The zero-order valence-corrected chi connectivity index (χ0v) is 17.6. The van der Waals surface area contributed by atoms with Crippen molar-refractivity contribution in [1.29, 1.82) is 0 Å². The van der Waals surface area contributed by atoms with Crippen molar-refractivity contribution in [3.8, 4) is 5.75 Å². The highest BCUT2D eigenvalue weighted by atomic mass is 16.5. The van der Waals surface area contributed by atoms with Gasteiger partial charge in [0.15, 0.2) is 0 Å². The van der Waals surface area contributed by atoms with E-state index in [1.165, 1.54) is 35.1 Å². The fourth-order valence-electron chi connectivity index (χ4n) is 3.91. The van der Waals surface area contributed by atoms with E-state index >= 15 is 0 Å². The summed E-state index contributed by atoms with van der Waals surface area (Å²) < 4.78 is 5.84. The maximum Gasteiger partial charge on any atom is 0.220 e. The van der Waals surface area contributed by atoms with E-state index < -0.39 is 0 Å². The van der Waals surface area contributed by atoms with Crippen LogP contribution in [0.25, 0.3) is 0 Å². The molecule has 1 fully saturated rings. The highest BCUT2D eigenvalue weighted by Crippen LogP contribution is 2.30. The summed E-state index contributed by atoms with van der Waals surface area (Å²) in [7, 11) is 0. The number of benzene rings is 2. The van der Waals surface area contributed by atoms with Gasteiger partial charge in [-0.1, -0.05) is 37.3 Å². The van der Waals surface area contributed by atoms with Crippen LogP contribution in [0.3, 0.4) is 0 Å². The largest absolute Gasteiger partial charge is 0.493 e. The molecule has 0 aromatic heterocycles. The Morgan fingerprint density at radius 3 is 2.69 bits per heavy atom. The maximum absolute atomic E-state index is 11.7. The van der Waals surface area contributed by atoms with Gasteiger partial charge < -0.3 is 10.1 Å². The van der Waals surface area contributed by atoms with Gasteiger partial charge in [0, 0.05) is 26.1 Å². The Morgan fingerprint density at radius 1 is 1.17 bits per heavy atom. The van der Waals surface area contributed by atoms with Crippen molar-refractivity contribution in [1.82, 2.24) is 10.2 Å². The van der Waals surface area contributed by atoms with Crippen LogP contribution in [0.4, 0.5) is 0 Å². The minimum Gasteiger partial charge on any atom is -0.493 e. The molecule has 1 amide bonds. The minimum absolute atomic E-state index is 0.0615. The number of rotatable bonds is 8. The predicted octanol–water partition coefficient (Wildman–Crippen LogP) is 4.62. The molecule has 2 aromatic carbocycles. The highest BCUT2D eigenvalue weighted by Gasteiger charge is 2.22. The van der Waals surface area contributed by atoms with E-state index in [9.17, 15) is 4.79 Å². The van der Waals surface area contributed by atoms with Crippen molar-refractivity contribution in [2.24, 2.45) is 5.92 Å². The molecule has 29 heavy (non-hydrogen) atoms. The third kappa shape index (κ3) is 5.39. The van der Waals surface area contributed by atoms with E-state index in [-0.39, 0.29) is 11.9 Å². The molecule has 4 nitrogen and oxygen atoms in total. The van der Waals surface area contributed by atoms with E-state index in [0.29, 0.717) is 6.42 Å². The van der Waals surface area contributed by atoms with Gasteiger partial charge >= 0.3 is 0 Å². The van der Waals surface area contributed by atoms with Crippen molar-refractivity contribution >= 4 is 5.91 Å². The minimum atomic E-state index is 0.0615. The number of ether oxygens (including phenoxy) is 1. The van der Waals surface area contributed by atoms with E-state index in [4.69, 9.17) is 4.74 Å². The highest BCUT2D eigenvalue weighted by molar-refractivity contribution is 5.76. The zero-order valence-electron chi connectivity index (χ0n) is 17.6. The van der Waals surface area contributed by atoms with Gasteiger partial charge in [-0.3, -0.25) is 9.69 Å². The summed E-state index contributed by atoms with van der Waals surface area (Å²) in [5, 5.41) is 3.06. The lowest BCUT2D eigenvalue weighted by molar-refractivity contribution is -0.121. The summed E-state index contributed by atoms with van der Waals surface area (Å²) in [4.78, 5) is 14.2. The molecule has 0 spiro atoms. The summed E-state index contributed by atoms with van der Waals surface area (Å²) in [5.41, 5.74) is 5.35. The number of carbonyl (C=O) groups is 1. The molecule has 1 saturated carbocycles. The van der Waals surface area contributed by atoms with Crippen molar-refractivity contribution in [3.63, 3.8) is 0 Å². The predicted molar refractivity (Wildman–Crippen MR) is 116 cm³/mol. The van der Waals surface area contributed by atoms with Gasteiger partial charge in [-0.15, -0.1) is 0 Å². The number of nitrogens with zero attached hydrogens (tertiary/aromatic N) is 1. The van der Waals surface area contributed by atoms with E-state index in [1.807, 2.05) is 6.92 Å². The van der Waals surface area contributed by atoms with Crippen LogP contribution >= 0.6 is 0 Å². The average molecular weight is 393 g/mol. The third-order valence-electron chi connectivity index (χ3n) is 6.03. The average Bonchev–Trinajstić information content (AvgIpc) is 3.57. The van der Waals surface area contributed by atoms with Gasteiger partial charge in [-0.25, -0.2) is 0 Å². The second-order valence-electron chi connectivity index (χ2n) is 8.53. The molecule has 1 atom stereocenters. The van der Waals surface area contributed by atoms with E-state index in [1.54, 1.807) is 0 Å². The molecule has 2 aliphatic rings. The van der Waals surface area contributed by atoms with Crippen molar-refractivity contribution in [3.05, 3.63) is 64.7 Å². The smallest absolute Gasteiger partial charge is 0.220 e. The summed E-state index contributed by atoms with van der Waals surface area (Å²) in [5.74, 6) is 1.88. The van der Waals surface area contributed by atoms with Crippen LogP contribution in [0.2, 0.25) is 0 Å². The van der Waals surface area contributed by atoms with E-state index in [0.717, 1.165) is 44.3 Å². The maximum atomic E-state index is 11.7. The van der Waals surface area contributed by atoms with Crippen LogP contribution in [0.5, 0.6) is 5.75 Å². The Kier molecular flexibility index (Phi) is 6.19. The quantitative estimate of drug-likeness (QED) is 0.713. The molecule has 1 aliphatic carbocycles. The lowest BCUT2D eigenvalue weighted by Crippen LogP contribution is -2.30. The first-order valence-corrected chi connectivity index (χ1v) is 11.0. The van der Waals surface area contributed by atoms with Gasteiger partial charge in [0.1, 0.15) is 5.75 Å². The summed E-state index contributed by atoms with van der Waals surface area (Å²) in [6.07, 6.45) is 4.22. The number of nitrogens with one attached hydrogen (secondary N) is 1. The second kappa shape index (κ2) is 9.00. The lowest BCUT2D eigenvalue weighted by Gasteiger charge is -2.29. The fraction of sp³-hybridized carbons (Fsp3) is 0.480. The number of amides is 1. The van der Waals surface area contributed by atoms with Crippen LogP contribution in [0.1, 0.15) is 61.4 Å². The number of hydrogen-bond acceptors (Lipinski definition) is 3. The molecule has 1 heterocycles.